The van der Waals surface area contributed by atoms with Crippen molar-refractivity contribution in [3.8, 4) is 0 Å². The molecule has 0 bridgehead atoms. The molecule has 0 N–H and O–H groups in total. The van der Waals surface area contributed by atoms with Gasteiger partial charge in [0.05, 0.1) is 5.75 Å². The highest BCUT2D eigenvalue weighted by molar-refractivity contribution is 7.91. The molecule has 2 aromatic carbocycles. The lowest BCUT2D eigenvalue weighted by molar-refractivity contribution is -0.127. The topological polar surface area (TPSA) is 54.5 Å². The van der Waals surface area contributed by atoms with Crippen molar-refractivity contribution in [3.05, 3.63) is 70.8 Å². The van der Waals surface area contributed by atoms with Crippen LogP contribution in [0.5, 0.6) is 0 Å². The molecule has 26 heavy (non-hydrogen) atoms. The fraction of sp³-hybridized carbons (Fsp3) is 0.381. The standard InChI is InChI=1S/C21H27NO3S/c1-16(2)20-11-9-19(10-12-20)14-26(24,25)15-21(23)22(4)13-18-7-5-17(3)6-8-18/h5-12,16H,13-15H2,1-4H3. The van der Waals surface area contributed by atoms with Gasteiger partial charge in [0.25, 0.3) is 0 Å². The molecular formula is C21H27NO3S. The summed E-state index contributed by atoms with van der Waals surface area (Å²) in [6, 6.07) is 15.4. The van der Waals surface area contributed by atoms with Crippen LogP contribution < -0.4 is 0 Å². The SMILES string of the molecule is Cc1ccc(CN(C)C(=O)CS(=O)(=O)Cc2ccc(C(C)C)cc2)cc1. The highest BCUT2D eigenvalue weighted by Gasteiger charge is 2.20. The van der Waals surface area contributed by atoms with Gasteiger partial charge >= 0.3 is 0 Å². The van der Waals surface area contributed by atoms with Crippen molar-refractivity contribution in [2.45, 2.75) is 39.0 Å². The van der Waals surface area contributed by atoms with E-state index in [1.165, 1.54) is 10.5 Å². The van der Waals surface area contributed by atoms with Gasteiger partial charge in [-0.25, -0.2) is 8.42 Å². The Hall–Kier alpha value is -2.14. The molecule has 0 aliphatic carbocycles. The second kappa shape index (κ2) is 8.49. The van der Waals surface area contributed by atoms with Crippen LogP contribution in [0.4, 0.5) is 0 Å². The van der Waals surface area contributed by atoms with Crippen LogP contribution in [0.1, 0.15) is 42.0 Å². The molecule has 5 heteroatoms. The molecule has 0 spiro atoms. The van der Waals surface area contributed by atoms with Gasteiger partial charge in [-0.05, 0) is 29.5 Å². The summed E-state index contributed by atoms with van der Waals surface area (Å²) in [5.74, 6) is -0.571. The van der Waals surface area contributed by atoms with Crippen molar-refractivity contribution in [1.29, 1.82) is 0 Å². The smallest absolute Gasteiger partial charge is 0.237 e. The Bertz CT molecular complexity index is 838. The third-order valence-electron chi connectivity index (χ3n) is 4.34. The quantitative estimate of drug-likeness (QED) is 0.744. The van der Waals surface area contributed by atoms with E-state index in [-0.39, 0.29) is 11.7 Å². The van der Waals surface area contributed by atoms with Crippen LogP contribution in [-0.2, 0) is 26.9 Å². The molecule has 0 radical (unpaired) electrons. The van der Waals surface area contributed by atoms with Gasteiger partial charge in [0.2, 0.25) is 5.91 Å². The number of benzene rings is 2. The molecule has 0 aliphatic heterocycles. The van der Waals surface area contributed by atoms with Gasteiger partial charge in [-0.15, -0.1) is 0 Å². The average Bonchev–Trinajstić information content (AvgIpc) is 2.56. The lowest BCUT2D eigenvalue weighted by Crippen LogP contribution is -2.32. The molecule has 0 saturated carbocycles. The molecule has 2 aromatic rings. The maximum Gasteiger partial charge on any atom is 0.237 e. The minimum Gasteiger partial charge on any atom is -0.341 e. The van der Waals surface area contributed by atoms with Crippen molar-refractivity contribution in [2.75, 3.05) is 12.8 Å². The van der Waals surface area contributed by atoms with Gasteiger partial charge < -0.3 is 4.90 Å². The number of hydrogen-bond acceptors (Lipinski definition) is 3. The summed E-state index contributed by atoms with van der Waals surface area (Å²) < 4.78 is 24.8. The summed E-state index contributed by atoms with van der Waals surface area (Å²) in [4.78, 5) is 13.8. The van der Waals surface area contributed by atoms with Crippen LogP contribution in [0.15, 0.2) is 48.5 Å². The van der Waals surface area contributed by atoms with E-state index in [4.69, 9.17) is 0 Å². The van der Waals surface area contributed by atoms with Crippen molar-refractivity contribution in [1.82, 2.24) is 4.90 Å². The summed E-state index contributed by atoms with van der Waals surface area (Å²) >= 11 is 0. The van der Waals surface area contributed by atoms with Gasteiger partial charge in [0, 0.05) is 13.6 Å². The van der Waals surface area contributed by atoms with Gasteiger partial charge in [0.15, 0.2) is 9.84 Å². The first-order chi connectivity index (χ1) is 12.2. The zero-order chi connectivity index (χ0) is 19.3. The predicted octanol–water partition coefficient (Wildman–Crippen LogP) is 3.69. The van der Waals surface area contributed by atoms with Crippen LogP contribution >= 0.6 is 0 Å². The monoisotopic (exact) mass is 373 g/mol. The predicted molar refractivity (Wildman–Crippen MR) is 106 cm³/mol. The minimum atomic E-state index is -3.50. The van der Waals surface area contributed by atoms with Crippen LogP contribution in [0.25, 0.3) is 0 Å². The van der Waals surface area contributed by atoms with Crippen molar-refractivity contribution < 1.29 is 13.2 Å². The number of hydrogen-bond donors (Lipinski definition) is 0. The Labute approximate surface area is 156 Å². The summed E-state index contributed by atoms with van der Waals surface area (Å²) in [5, 5.41) is 0. The molecule has 0 aromatic heterocycles. The molecule has 0 fully saturated rings. The van der Waals surface area contributed by atoms with Crippen molar-refractivity contribution in [3.63, 3.8) is 0 Å². The molecule has 0 aliphatic rings. The van der Waals surface area contributed by atoms with Crippen LogP contribution in [-0.4, -0.2) is 32.0 Å². The number of carbonyl (C=O) groups excluding carboxylic acids is 1. The highest BCUT2D eigenvalue weighted by Crippen LogP contribution is 2.16. The Kier molecular flexibility index (Phi) is 6.59. The summed E-state index contributed by atoms with van der Waals surface area (Å²) in [5.41, 5.74) is 4.00. The number of rotatable bonds is 7. The molecule has 4 nitrogen and oxygen atoms in total. The van der Waals surface area contributed by atoms with Crippen molar-refractivity contribution >= 4 is 15.7 Å². The van der Waals surface area contributed by atoms with Crippen LogP contribution in [0, 0.1) is 6.92 Å². The Balaban J connectivity index is 1.96. The molecular weight excluding hydrogens is 346 g/mol. The van der Waals surface area contributed by atoms with E-state index < -0.39 is 15.6 Å². The summed E-state index contributed by atoms with van der Waals surface area (Å²) in [7, 11) is -1.87. The number of amides is 1. The summed E-state index contributed by atoms with van der Waals surface area (Å²) in [6.45, 7) is 6.58. The lowest BCUT2D eigenvalue weighted by Gasteiger charge is -2.17. The second-order valence-corrected chi connectivity index (χ2v) is 9.23. The highest BCUT2D eigenvalue weighted by atomic mass is 32.2. The first-order valence-electron chi connectivity index (χ1n) is 8.75. The maximum absolute atomic E-state index is 12.4. The van der Waals surface area contributed by atoms with Gasteiger partial charge in [0.1, 0.15) is 5.75 Å². The Morgan fingerprint density at radius 3 is 2.04 bits per heavy atom. The largest absolute Gasteiger partial charge is 0.341 e. The zero-order valence-corrected chi connectivity index (χ0v) is 16.7. The average molecular weight is 374 g/mol. The third kappa shape index (κ3) is 5.99. The molecule has 1 amide bonds. The third-order valence-corrected chi connectivity index (χ3v) is 5.80. The number of nitrogens with zero attached hydrogens (tertiary/aromatic N) is 1. The van der Waals surface area contributed by atoms with Gasteiger partial charge in [-0.3, -0.25) is 4.79 Å². The second-order valence-electron chi connectivity index (χ2n) is 7.16. The molecule has 140 valence electrons. The number of aryl methyl sites for hydroxylation is 1. The Morgan fingerprint density at radius 1 is 0.962 bits per heavy atom. The fourth-order valence-electron chi connectivity index (χ4n) is 2.66. The fourth-order valence-corrected chi connectivity index (χ4v) is 4.06. The number of carbonyl (C=O) groups is 1. The van der Waals surface area contributed by atoms with E-state index in [0.29, 0.717) is 18.0 Å². The van der Waals surface area contributed by atoms with Crippen molar-refractivity contribution in [2.24, 2.45) is 0 Å². The molecule has 0 saturated heterocycles. The molecule has 0 heterocycles. The first kappa shape index (κ1) is 20.2. The molecule has 0 atom stereocenters. The van der Waals surface area contributed by atoms with E-state index in [1.807, 2.05) is 55.5 Å². The van der Waals surface area contributed by atoms with E-state index in [1.54, 1.807) is 7.05 Å². The van der Waals surface area contributed by atoms with E-state index >= 15 is 0 Å². The number of sulfone groups is 1. The van der Waals surface area contributed by atoms with Gasteiger partial charge in [-0.2, -0.15) is 0 Å². The summed E-state index contributed by atoms with van der Waals surface area (Å²) in [6.07, 6.45) is 0. The van der Waals surface area contributed by atoms with Gasteiger partial charge in [-0.1, -0.05) is 67.9 Å². The maximum atomic E-state index is 12.4. The van der Waals surface area contributed by atoms with E-state index in [2.05, 4.69) is 13.8 Å². The minimum absolute atomic E-state index is 0.116. The van der Waals surface area contributed by atoms with Crippen LogP contribution in [0.3, 0.4) is 0 Å². The normalized spacial score (nSPS) is 11.6. The molecule has 0 unspecified atom stereocenters. The lowest BCUT2D eigenvalue weighted by atomic mass is 10.0. The zero-order valence-electron chi connectivity index (χ0n) is 15.9. The van der Waals surface area contributed by atoms with E-state index in [9.17, 15) is 13.2 Å². The molecule has 2 rings (SSSR count). The Morgan fingerprint density at radius 2 is 1.50 bits per heavy atom. The van der Waals surface area contributed by atoms with Crippen LogP contribution in [0.2, 0.25) is 0 Å². The first-order valence-corrected chi connectivity index (χ1v) is 10.6. The van der Waals surface area contributed by atoms with E-state index in [0.717, 1.165) is 11.1 Å².